The minimum absolute atomic E-state index is 0.0241. The lowest BCUT2D eigenvalue weighted by Gasteiger charge is -2.13. The molecule has 1 aliphatic rings. The van der Waals surface area contributed by atoms with Crippen molar-refractivity contribution in [3.8, 4) is 0 Å². The van der Waals surface area contributed by atoms with Gasteiger partial charge in [-0.15, -0.1) is 0 Å². The Balaban J connectivity index is 1.83. The standard InChI is InChI=1S/C16H13F2NO2/c17-12-3-1-2-10(16(12)18)7-14(20)9-4-5-13-11(6-9)8-15(21)19-13/h1-6,14,20H,7-8H2,(H,19,21). The molecular formula is C16H13F2NO2. The molecule has 108 valence electrons. The number of rotatable bonds is 3. The Kier molecular flexibility index (Phi) is 3.43. The van der Waals surface area contributed by atoms with Crippen LogP contribution in [0.2, 0.25) is 0 Å². The second-order valence-electron chi connectivity index (χ2n) is 5.07. The SMILES string of the molecule is O=C1Cc2cc(C(O)Cc3cccc(F)c3F)ccc2N1. The van der Waals surface area contributed by atoms with Gasteiger partial charge in [-0.05, 0) is 28.8 Å². The van der Waals surface area contributed by atoms with Crippen LogP contribution in [0.5, 0.6) is 0 Å². The van der Waals surface area contributed by atoms with Crippen LogP contribution in [0.3, 0.4) is 0 Å². The molecule has 0 radical (unpaired) electrons. The van der Waals surface area contributed by atoms with Crippen molar-refractivity contribution in [2.75, 3.05) is 5.32 Å². The predicted octanol–water partition coefficient (Wildman–Crippen LogP) is 2.74. The van der Waals surface area contributed by atoms with Crippen LogP contribution in [0.25, 0.3) is 0 Å². The second kappa shape index (κ2) is 5.26. The number of nitrogens with one attached hydrogen (secondary N) is 1. The van der Waals surface area contributed by atoms with Crippen LogP contribution in [-0.4, -0.2) is 11.0 Å². The van der Waals surface area contributed by atoms with Crippen molar-refractivity contribution in [3.63, 3.8) is 0 Å². The molecule has 3 rings (SSSR count). The minimum Gasteiger partial charge on any atom is -0.388 e. The van der Waals surface area contributed by atoms with E-state index in [0.717, 1.165) is 17.3 Å². The molecule has 0 saturated carbocycles. The lowest BCUT2D eigenvalue weighted by molar-refractivity contribution is -0.115. The number of carbonyl (C=O) groups excluding carboxylic acids is 1. The Morgan fingerprint density at radius 2 is 2.05 bits per heavy atom. The van der Waals surface area contributed by atoms with E-state index >= 15 is 0 Å². The number of fused-ring (bicyclic) bond motifs is 1. The normalized spacial score (nSPS) is 14.7. The average molecular weight is 289 g/mol. The van der Waals surface area contributed by atoms with Gasteiger partial charge in [0.1, 0.15) is 0 Å². The summed E-state index contributed by atoms with van der Waals surface area (Å²) in [6, 6.07) is 8.99. The lowest BCUT2D eigenvalue weighted by atomic mass is 9.98. The number of benzene rings is 2. The second-order valence-corrected chi connectivity index (χ2v) is 5.07. The fourth-order valence-corrected chi connectivity index (χ4v) is 2.49. The Labute approximate surface area is 120 Å². The summed E-state index contributed by atoms with van der Waals surface area (Å²) in [7, 11) is 0. The summed E-state index contributed by atoms with van der Waals surface area (Å²) in [6.07, 6.45) is -0.712. The number of carbonyl (C=O) groups is 1. The Morgan fingerprint density at radius 1 is 1.24 bits per heavy atom. The molecule has 0 bridgehead atoms. The Morgan fingerprint density at radius 3 is 2.86 bits per heavy atom. The topological polar surface area (TPSA) is 49.3 Å². The zero-order valence-electron chi connectivity index (χ0n) is 11.1. The fourth-order valence-electron chi connectivity index (χ4n) is 2.49. The van der Waals surface area contributed by atoms with E-state index < -0.39 is 17.7 Å². The van der Waals surface area contributed by atoms with Crippen molar-refractivity contribution in [2.24, 2.45) is 0 Å². The minimum atomic E-state index is -0.956. The molecule has 1 atom stereocenters. The maximum atomic E-state index is 13.6. The first-order valence-corrected chi connectivity index (χ1v) is 6.58. The average Bonchev–Trinajstić information content (AvgIpc) is 2.82. The summed E-state index contributed by atoms with van der Waals surface area (Å²) < 4.78 is 26.8. The van der Waals surface area contributed by atoms with Gasteiger partial charge in [-0.2, -0.15) is 0 Å². The quantitative estimate of drug-likeness (QED) is 0.912. The third-order valence-corrected chi connectivity index (χ3v) is 3.58. The maximum absolute atomic E-state index is 13.6. The zero-order chi connectivity index (χ0) is 15.0. The van der Waals surface area contributed by atoms with Crippen molar-refractivity contribution >= 4 is 11.6 Å². The van der Waals surface area contributed by atoms with Crippen LogP contribution >= 0.6 is 0 Å². The van der Waals surface area contributed by atoms with Gasteiger partial charge in [0.15, 0.2) is 11.6 Å². The summed E-state index contributed by atoms with van der Waals surface area (Å²) in [5, 5.41) is 12.9. The molecule has 5 heteroatoms. The highest BCUT2D eigenvalue weighted by molar-refractivity contribution is 5.99. The molecule has 0 saturated heterocycles. The summed E-state index contributed by atoms with van der Waals surface area (Å²) in [4.78, 5) is 11.3. The highest BCUT2D eigenvalue weighted by Gasteiger charge is 2.20. The molecule has 0 aromatic heterocycles. The first kappa shape index (κ1) is 13.7. The summed E-state index contributed by atoms with van der Waals surface area (Å²) in [5.41, 5.74) is 2.23. The number of aliphatic hydroxyl groups is 1. The van der Waals surface area contributed by atoms with Crippen molar-refractivity contribution in [2.45, 2.75) is 18.9 Å². The monoisotopic (exact) mass is 289 g/mol. The van der Waals surface area contributed by atoms with Crippen LogP contribution in [0.4, 0.5) is 14.5 Å². The third-order valence-electron chi connectivity index (χ3n) is 3.58. The highest BCUT2D eigenvalue weighted by Crippen LogP contribution is 2.28. The largest absolute Gasteiger partial charge is 0.388 e. The molecule has 1 unspecified atom stereocenters. The molecule has 2 N–H and O–H groups in total. The van der Waals surface area contributed by atoms with E-state index in [1.54, 1.807) is 18.2 Å². The van der Waals surface area contributed by atoms with Gasteiger partial charge in [0.25, 0.3) is 0 Å². The molecular weight excluding hydrogens is 276 g/mol. The lowest BCUT2D eigenvalue weighted by Crippen LogP contribution is -2.05. The molecule has 3 nitrogen and oxygen atoms in total. The number of anilines is 1. The molecule has 21 heavy (non-hydrogen) atoms. The zero-order valence-corrected chi connectivity index (χ0v) is 11.1. The first-order valence-electron chi connectivity index (χ1n) is 6.58. The number of aliphatic hydroxyl groups excluding tert-OH is 1. The summed E-state index contributed by atoms with van der Waals surface area (Å²) >= 11 is 0. The van der Waals surface area contributed by atoms with Crippen LogP contribution in [0, 0.1) is 11.6 Å². The molecule has 2 aromatic carbocycles. The Bertz CT molecular complexity index is 715. The van der Waals surface area contributed by atoms with Gasteiger partial charge >= 0.3 is 0 Å². The van der Waals surface area contributed by atoms with Crippen LogP contribution < -0.4 is 5.32 Å². The number of amides is 1. The fraction of sp³-hybridized carbons (Fsp3) is 0.188. The van der Waals surface area contributed by atoms with Gasteiger partial charge < -0.3 is 10.4 Å². The van der Waals surface area contributed by atoms with Gasteiger partial charge in [-0.3, -0.25) is 4.79 Å². The molecule has 0 spiro atoms. The van der Waals surface area contributed by atoms with Crippen LogP contribution in [-0.2, 0) is 17.6 Å². The molecule has 2 aromatic rings. The van der Waals surface area contributed by atoms with Gasteiger partial charge in [0.05, 0.1) is 12.5 Å². The van der Waals surface area contributed by atoms with E-state index in [0.29, 0.717) is 5.56 Å². The van der Waals surface area contributed by atoms with E-state index in [4.69, 9.17) is 0 Å². The van der Waals surface area contributed by atoms with E-state index in [1.165, 1.54) is 12.1 Å². The Hall–Kier alpha value is -2.27. The molecule has 0 fully saturated rings. The van der Waals surface area contributed by atoms with Gasteiger partial charge in [0.2, 0.25) is 5.91 Å². The van der Waals surface area contributed by atoms with E-state index in [9.17, 15) is 18.7 Å². The van der Waals surface area contributed by atoms with Crippen molar-refractivity contribution < 1.29 is 18.7 Å². The van der Waals surface area contributed by atoms with Crippen molar-refractivity contribution in [1.29, 1.82) is 0 Å². The highest BCUT2D eigenvalue weighted by atomic mass is 19.2. The van der Waals surface area contributed by atoms with Crippen LogP contribution in [0.1, 0.15) is 22.8 Å². The van der Waals surface area contributed by atoms with E-state index in [-0.39, 0.29) is 24.3 Å². The van der Waals surface area contributed by atoms with E-state index in [1.807, 2.05) is 0 Å². The molecule has 1 aliphatic heterocycles. The van der Waals surface area contributed by atoms with Gasteiger partial charge in [-0.1, -0.05) is 24.3 Å². The number of halogens is 2. The third kappa shape index (κ3) is 2.64. The van der Waals surface area contributed by atoms with Crippen molar-refractivity contribution in [1.82, 2.24) is 0 Å². The predicted molar refractivity (Wildman–Crippen MR) is 73.8 cm³/mol. The van der Waals surface area contributed by atoms with Gasteiger partial charge in [-0.25, -0.2) is 8.78 Å². The van der Waals surface area contributed by atoms with Crippen LogP contribution in [0.15, 0.2) is 36.4 Å². The summed E-state index contributed by atoms with van der Waals surface area (Å²) in [6.45, 7) is 0. The molecule has 1 amide bonds. The number of hydrogen-bond acceptors (Lipinski definition) is 2. The van der Waals surface area contributed by atoms with Crippen molar-refractivity contribution in [3.05, 3.63) is 64.7 Å². The molecule has 0 aliphatic carbocycles. The van der Waals surface area contributed by atoms with E-state index in [2.05, 4.69) is 5.32 Å². The van der Waals surface area contributed by atoms with Gasteiger partial charge in [0, 0.05) is 12.1 Å². The summed E-state index contributed by atoms with van der Waals surface area (Å²) in [5.74, 6) is -1.95. The first-order chi connectivity index (χ1) is 10.0. The smallest absolute Gasteiger partial charge is 0.228 e. The maximum Gasteiger partial charge on any atom is 0.228 e. The number of hydrogen-bond donors (Lipinski definition) is 2. The molecule has 1 heterocycles.